The minimum Gasteiger partial charge on any atom is -0.408 e. The first-order valence-electron chi connectivity index (χ1n) is 5.46. The maximum absolute atomic E-state index is 5.99. The van der Waals surface area contributed by atoms with Crippen molar-refractivity contribution in [1.29, 1.82) is 0 Å². The highest BCUT2D eigenvalue weighted by atomic mass is 32.1. The van der Waals surface area contributed by atoms with E-state index >= 15 is 0 Å². The maximum Gasteiger partial charge on any atom is 0.196 e. The first-order valence-corrected chi connectivity index (χ1v) is 6.68. The average molecular weight is 243 g/mol. The smallest absolute Gasteiger partial charge is 0.196 e. The predicted molar refractivity (Wildman–Crippen MR) is 66.0 cm³/mol. The molecule has 0 aliphatic heterocycles. The van der Waals surface area contributed by atoms with E-state index in [1.54, 1.807) is 11.3 Å². The third kappa shape index (κ3) is 2.11. The third-order valence-corrected chi connectivity index (χ3v) is 4.60. The summed E-state index contributed by atoms with van der Waals surface area (Å²) in [6.45, 7) is 6.42. The zero-order valence-electron chi connectivity index (χ0n) is 9.45. The van der Waals surface area contributed by atoms with Gasteiger partial charge in [0.05, 0.1) is 5.69 Å². The monoisotopic (exact) mass is 243 g/mol. The molecule has 2 atom stereocenters. The molecule has 4 heteroatoms. The van der Waals surface area contributed by atoms with Crippen LogP contribution in [0.1, 0.15) is 36.8 Å². The van der Waals surface area contributed by atoms with Crippen molar-refractivity contribution in [3.63, 3.8) is 0 Å². The Hall–Kier alpha value is -0.350. The van der Waals surface area contributed by atoms with Crippen LogP contribution in [0.2, 0.25) is 0 Å². The number of aromatic nitrogens is 1. The molecule has 0 radical (unpaired) electrons. The molecule has 1 heterocycles. The van der Waals surface area contributed by atoms with Crippen LogP contribution < -0.4 is 4.84 Å². The van der Waals surface area contributed by atoms with Crippen molar-refractivity contribution in [2.45, 2.75) is 46.1 Å². The summed E-state index contributed by atoms with van der Waals surface area (Å²) in [5.74, 6) is 0.659. The fourth-order valence-electron chi connectivity index (χ4n) is 2.05. The summed E-state index contributed by atoms with van der Waals surface area (Å²) >= 11 is 6.92. The number of nitrogens with zero attached hydrogens (tertiary/aromatic N) is 1. The van der Waals surface area contributed by atoms with E-state index < -0.39 is 0 Å². The molecule has 0 amide bonds. The molecular weight excluding hydrogens is 226 g/mol. The molecule has 0 spiro atoms. The summed E-state index contributed by atoms with van der Waals surface area (Å²) in [4.78, 5) is 7.25. The fourth-order valence-corrected chi connectivity index (χ4v) is 3.36. The van der Waals surface area contributed by atoms with E-state index in [2.05, 4.69) is 20.8 Å². The number of thiazole rings is 1. The average Bonchev–Trinajstić information content (AvgIpc) is 2.67. The lowest BCUT2D eigenvalue weighted by atomic mass is 10.1. The van der Waals surface area contributed by atoms with Gasteiger partial charge in [0.15, 0.2) is 3.95 Å². The largest absolute Gasteiger partial charge is 0.408 e. The van der Waals surface area contributed by atoms with E-state index in [0.29, 0.717) is 12.0 Å². The molecule has 0 saturated heterocycles. The lowest BCUT2D eigenvalue weighted by Crippen LogP contribution is -2.27. The van der Waals surface area contributed by atoms with E-state index in [9.17, 15) is 0 Å². The molecule has 2 rings (SSSR count). The number of rotatable bonds is 2. The highest BCUT2D eigenvalue weighted by molar-refractivity contribution is 7.73. The van der Waals surface area contributed by atoms with Gasteiger partial charge >= 0.3 is 0 Å². The topological polar surface area (TPSA) is 14.2 Å². The second kappa shape index (κ2) is 4.26. The Bertz CT molecular complexity index is 407. The van der Waals surface area contributed by atoms with Crippen LogP contribution in [-0.2, 0) is 0 Å². The lowest BCUT2D eigenvalue weighted by Gasteiger charge is -2.18. The van der Waals surface area contributed by atoms with E-state index in [1.165, 1.54) is 17.7 Å². The van der Waals surface area contributed by atoms with Crippen LogP contribution in [0.25, 0.3) is 0 Å². The Morgan fingerprint density at radius 1 is 1.40 bits per heavy atom. The van der Waals surface area contributed by atoms with Gasteiger partial charge in [-0.15, -0.1) is 11.3 Å². The summed E-state index contributed by atoms with van der Waals surface area (Å²) in [6, 6.07) is 0. The van der Waals surface area contributed by atoms with Crippen LogP contribution in [0.15, 0.2) is 0 Å². The predicted octanol–water partition coefficient (Wildman–Crippen LogP) is 3.51. The Balaban J connectivity index is 2.20. The van der Waals surface area contributed by atoms with Crippen molar-refractivity contribution in [3.8, 4) is 0 Å². The third-order valence-electron chi connectivity index (χ3n) is 3.24. The van der Waals surface area contributed by atoms with E-state index in [-0.39, 0.29) is 0 Å². The van der Waals surface area contributed by atoms with Gasteiger partial charge in [0.1, 0.15) is 6.10 Å². The zero-order valence-corrected chi connectivity index (χ0v) is 11.1. The van der Waals surface area contributed by atoms with Gasteiger partial charge in [-0.05, 0) is 51.2 Å². The molecule has 1 saturated carbocycles. The van der Waals surface area contributed by atoms with Gasteiger partial charge in [0.2, 0.25) is 0 Å². The number of hydrogen-bond acceptors (Lipinski definition) is 3. The van der Waals surface area contributed by atoms with Crippen molar-refractivity contribution in [2.75, 3.05) is 0 Å². The van der Waals surface area contributed by atoms with Gasteiger partial charge in [0.25, 0.3) is 0 Å². The first kappa shape index (κ1) is 11.1. The van der Waals surface area contributed by atoms with Crippen molar-refractivity contribution in [2.24, 2.45) is 5.92 Å². The minimum atomic E-state index is 0.351. The Morgan fingerprint density at radius 3 is 2.60 bits per heavy atom. The summed E-state index contributed by atoms with van der Waals surface area (Å²) < 4.78 is 2.69. The normalized spacial score (nSPS) is 25.8. The van der Waals surface area contributed by atoms with Crippen LogP contribution in [0.5, 0.6) is 0 Å². The van der Waals surface area contributed by atoms with Gasteiger partial charge in [-0.1, -0.05) is 6.92 Å². The van der Waals surface area contributed by atoms with Gasteiger partial charge in [-0.2, -0.15) is 4.73 Å². The van der Waals surface area contributed by atoms with Crippen LogP contribution in [-0.4, -0.2) is 10.8 Å². The second-order valence-corrected chi connectivity index (χ2v) is 6.20. The Kier molecular flexibility index (Phi) is 3.16. The van der Waals surface area contributed by atoms with Crippen LogP contribution in [0.3, 0.4) is 0 Å². The second-order valence-electron chi connectivity index (χ2n) is 4.36. The zero-order chi connectivity index (χ0) is 11.0. The van der Waals surface area contributed by atoms with E-state index in [4.69, 9.17) is 17.1 Å². The molecule has 1 aliphatic rings. The summed E-state index contributed by atoms with van der Waals surface area (Å²) in [5, 5.41) is 0. The summed E-state index contributed by atoms with van der Waals surface area (Å²) in [7, 11) is 0. The molecule has 0 bridgehead atoms. The SMILES string of the molecule is Cc1sc(=S)n(O[C@@H]2CCC[C@@H]2C)c1C. The molecule has 2 nitrogen and oxygen atoms in total. The molecule has 1 aliphatic carbocycles. The van der Waals surface area contributed by atoms with Crippen molar-refractivity contribution in [3.05, 3.63) is 14.5 Å². The summed E-state index contributed by atoms with van der Waals surface area (Å²) in [5.41, 5.74) is 1.16. The highest BCUT2D eigenvalue weighted by Gasteiger charge is 2.26. The van der Waals surface area contributed by atoms with Crippen molar-refractivity contribution in [1.82, 2.24) is 4.73 Å². The maximum atomic E-state index is 5.99. The van der Waals surface area contributed by atoms with E-state index in [0.717, 1.165) is 16.1 Å². The lowest BCUT2D eigenvalue weighted by molar-refractivity contribution is 0.0144. The molecule has 1 fully saturated rings. The molecule has 0 aromatic carbocycles. The molecule has 1 aromatic heterocycles. The van der Waals surface area contributed by atoms with Gasteiger partial charge < -0.3 is 4.84 Å². The minimum absolute atomic E-state index is 0.351. The standard InChI is InChI=1S/C11H17NOS2/c1-7-5-4-6-10(7)13-12-8(2)9(3)15-11(12)14/h7,10H,4-6H2,1-3H3/t7-,10+/m0/s1. The number of hydrogen-bond donors (Lipinski definition) is 0. The molecule has 0 unspecified atom stereocenters. The molecule has 0 N–H and O–H groups in total. The number of aryl methyl sites for hydroxylation is 1. The molecule has 1 aromatic rings. The quantitative estimate of drug-likeness (QED) is 0.738. The fraction of sp³-hybridized carbons (Fsp3) is 0.727. The van der Waals surface area contributed by atoms with E-state index in [1.807, 2.05) is 4.73 Å². The van der Waals surface area contributed by atoms with Gasteiger partial charge in [-0.25, -0.2) is 0 Å². The van der Waals surface area contributed by atoms with Crippen LogP contribution in [0.4, 0.5) is 0 Å². The van der Waals surface area contributed by atoms with Crippen LogP contribution in [0, 0.1) is 23.7 Å². The first-order chi connectivity index (χ1) is 7.09. The molecule has 15 heavy (non-hydrogen) atoms. The Labute approximate surface area is 99.8 Å². The molecule has 84 valence electrons. The Morgan fingerprint density at radius 2 is 2.13 bits per heavy atom. The van der Waals surface area contributed by atoms with Crippen molar-refractivity contribution < 1.29 is 4.84 Å². The molecular formula is C11H17NOS2. The highest BCUT2D eigenvalue weighted by Crippen LogP contribution is 2.27. The van der Waals surface area contributed by atoms with Gasteiger partial charge in [0, 0.05) is 4.88 Å². The van der Waals surface area contributed by atoms with Gasteiger partial charge in [-0.3, -0.25) is 0 Å². The van der Waals surface area contributed by atoms with Crippen LogP contribution >= 0.6 is 23.6 Å². The van der Waals surface area contributed by atoms with Crippen molar-refractivity contribution >= 4 is 23.6 Å². The summed E-state index contributed by atoms with van der Waals surface area (Å²) in [6.07, 6.45) is 4.07.